The predicted octanol–water partition coefficient (Wildman–Crippen LogP) is 2.96. The van der Waals surface area contributed by atoms with Crippen molar-refractivity contribution in [1.29, 1.82) is 0 Å². The van der Waals surface area contributed by atoms with E-state index in [0.717, 1.165) is 13.1 Å². The highest BCUT2D eigenvalue weighted by atomic mass is 15.2. The van der Waals surface area contributed by atoms with Crippen LogP contribution >= 0.6 is 0 Å². The van der Waals surface area contributed by atoms with Crippen molar-refractivity contribution in [3.63, 3.8) is 0 Å². The molecule has 2 aliphatic heterocycles. The summed E-state index contributed by atoms with van der Waals surface area (Å²) in [7, 11) is 0. The first-order valence-corrected chi connectivity index (χ1v) is 9.32. The second-order valence-corrected chi connectivity index (χ2v) is 7.48. The van der Waals surface area contributed by atoms with Gasteiger partial charge in [-0.1, -0.05) is 6.07 Å². The van der Waals surface area contributed by atoms with Gasteiger partial charge in [-0.05, 0) is 81.4 Å². The average molecular weight is 316 g/mol. The Balaban J connectivity index is 1.94. The molecule has 1 aromatic carbocycles. The largest absolute Gasteiger partial charge is 0.314 e. The Morgan fingerprint density at radius 2 is 1.48 bits per heavy atom. The second kappa shape index (κ2) is 7.33. The molecular weight excluding hydrogens is 282 g/mol. The number of hydrogen-bond acceptors (Lipinski definition) is 3. The Morgan fingerprint density at radius 3 is 2.04 bits per heavy atom. The van der Waals surface area contributed by atoms with Crippen molar-refractivity contribution in [2.24, 2.45) is 0 Å². The lowest BCUT2D eigenvalue weighted by atomic mass is 9.88. The van der Waals surface area contributed by atoms with Crippen LogP contribution in [-0.4, -0.2) is 55.6 Å². The molecule has 0 saturated carbocycles. The first-order chi connectivity index (χ1) is 11.1. The summed E-state index contributed by atoms with van der Waals surface area (Å²) >= 11 is 0. The maximum atomic E-state index is 3.48. The summed E-state index contributed by atoms with van der Waals surface area (Å²) in [5.41, 5.74) is 7.54. The standard InChI is InChI=1S/C20H33N3/c1-15-13-16(2)18(4)20(17(15)3)19(23-9-5-6-10-23)14-22-11-7-21-8-12-22/h13,19,21H,5-12,14H2,1-4H3. The third-order valence-corrected chi connectivity index (χ3v) is 5.98. The molecule has 2 fully saturated rings. The van der Waals surface area contributed by atoms with Gasteiger partial charge in [-0.3, -0.25) is 9.80 Å². The molecule has 1 unspecified atom stereocenters. The molecule has 0 amide bonds. The number of hydrogen-bond donors (Lipinski definition) is 1. The number of rotatable bonds is 4. The van der Waals surface area contributed by atoms with Gasteiger partial charge in [0.25, 0.3) is 0 Å². The van der Waals surface area contributed by atoms with Gasteiger partial charge in [0.15, 0.2) is 0 Å². The molecule has 0 aliphatic carbocycles. The van der Waals surface area contributed by atoms with Gasteiger partial charge >= 0.3 is 0 Å². The van der Waals surface area contributed by atoms with Gasteiger partial charge in [0.1, 0.15) is 0 Å². The molecule has 2 aliphatic rings. The Kier molecular flexibility index (Phi) is 5.40. The highest BCUT2D eigenvalue weighted by Crippen LogP contribution is 2.33. The van der Waals surface area contributed by atoms with Crippen LogP contribution in [-0.2, 0) is 0 Å². The van der Waals surface area contributed by atoms with Crippen LogP contribution in [0.15, 0.2) is 6.07 Å². The van der Waals surface area contributed by atoms with Gasteiger partial charge < -0.3 is 5.32 Å². The summed E-state index contributed by atoms with van der Waals surface area (Å²) in [4.78, 5) is 5.41. The maximum Gasteiger partial charge on any atom is 0.0480 e. The van der Waals surface area contributed by atoms with Gasteiger partial charge in [0, 0.05) is 38.8 Å². The van der Waals surface area contributed by atoms with E-state index < -0.39 is 0 Å². The monoisotopic (exact) mass is 315 g/mol. The van der Waals surface area contributed by atoms with Gasteiger partial charge in [0.05, 0.1) is 0 Å². The minimum absolute atomic E-state index is 0.564. The van der Waals surface area contributed by atoms with E-state index in [1.807, 2.05) is 0 Å². The van der Waals surface area contributed by atoms with Crippen molar-refractivity contribution in [3.05, 3.63) is 33.9 Å². The van der Waals surface area contributed by atoms with Crippen molar-refractivity contribution in [2.45, 2.75) is 46.6 Å². The van der Waals surface area contributed by atoms with Crippen molar-refractivity contribution in [3.8, 4) is 0 Å². The third-order valence-electron chi connectivity index (χ3n) is 5.98. The lowest BCUT2D eigenvalue weighted by Gasteiger charge is -2.37. The minimum Gasteiger partial charge on any atom is -0.314 e. The van der Waals surface area contributed by atoms with Crippen LogP contribution in [0.2, 0.25) is 0 Å². The van der Waals surface area contributed by atoms with E-state index in [-0.39, 0.29) is 0 Å². The van der Waals surface area contributed by atoms with Crippen LogP contribution in [0.25, 0.3) is 0 Å². The van der Waals surface area contributed by atoms with E-state index >= 15 is 0 Å². The molecule has 0 aromatic heterocycles. The van der Waals surface area contributed by atoms with Crippen molar-refractivity contribution >= 4 is 0 Å². The zero-order chi connectivity index (χ0) is 16.4. The Hall–Kier alpha value is -0.900. The number of piperazine rings is 1. The van der Waals surface area contributed by atoms with Crippen LogP contribution < -0.4 is 5.32 Å². The summed E-state index contributed by atoms with van der Waals surface area (Å²) in [6, 6.07) is 2.93. The highest BCUT2D eigenvalue weighted by molar-refractivity contribution is 5.46. The fraction of sp³-hybridized carbons (Fsp3) is 0.700. The van der Waals surface area contributed by atoms with E-state index in [0.29, 0.717) is 6.04 Å². The summed E-state index contributed by atoms with van der Waals surface area (Å²) in [6.45, 7) is 17.6. The van der Waals surface area contributed by atoms with E-state index in [4.69, 9.17) is 0 Å². The number of nitrogens with zero attached hydrogens (tertiary/aromatic N) is 2. The molecular formula is C20H33N3. The second-order valence-electron chi connectivity index (χ2n) is 7.48. The highest BCUT2D eigenvalue weighted by Gasteiger charge is 2.29. The molecule has 1 N–H and O–H groups in total. The molecule has 128 valence electrons. The molecule has 3 heteroatoms. The normalized spacial score (nSPS) is 21.7. The number of benzene rings is 1. The van der Waals surface area contributed by atoms with Crippen molar-refractivity contribution < 1.29 is 0 Å². The van der Waals surface area contributed by atoms with Gasteiger partial charge in [-0.2, -0.15) is 0 Å². The fourth-order valence-corrected chi connectivity index (χ4v) is 4.33. The summed E-state index contributed by atoms with van der Waals surface area (Å²) < 4.78 is 0. The van der Waals surface area contributed by atoms with Crippen LogP contribution in [0.3, 0.4) is 0 Å². The quantitative estimate of drug-likeness (QED) is 0.921. The maximum absolute atomic E-state index is 3.48. The van der Waals surface area contributed by atoms with Crippen LogP contribution in [0.5, 0.6) is 0 Å². The van der Waals surface area contributed by atoms with Gasteiger partial charge in [-0.15, -0.1) is 0 Å². The molecule has 0 radical (unpaired) electrons. The number of aryl methyl sites for hydroxylation is 2. The lowest BCUT2D eigenvalue weighted by molar-refractivity contribution is 0.149. The lowest BCUT2D eigenvalue weighted by Crippen LogP contribution is -2.47. The Labute approximate surface area is 142 Å². The summed E-state index contributed by atoms with van der Waals surface area (Å²) in [5, 5.41) is 3.48. The van der Waals surface area contributed by atoms with Crippen molar-refractivity contribution in [1.82, 2.24) is 15.1 Å². The molecule has 0 spiro atoms. The Bertz CT molecular complexity index is 514. The molecule has 3 nitrogen and oxygen atoms in total. The van der Waals surface area contributed by atoms with E-state index in [9.17, 15) is 0 Å². The molecule has 2 heterocycles. The summed E-state index contributed by atoms with van der Waals surface area (Å²) in [5.74, 6) is 0. The first kappa shape index (κ1) is 16.9. The van der Waals surface area contributed by atoms with Crippen molar-refractivity contribution in [2.75, 3.05) is 45.8 Å². The van der Waals surface area contributed by atoms with Gasteiger partial charge in [-0.25, -0.2) is 0 Å². The molecule has 23 heavy (non-hydrogen) atoms. The van der Waals surface area contributed by atoms with Crippen LogP contribution in [0, 0.1) is 27.7 Å². The van der Waals surface area contributed by atoms with Crippen LogP contribution in [0.4, 0.5) is 0 Å². The summed E-state index contributed by atoms with van der Waals surface area (Å²) in [6.07, 6.45) is 2.72. The fourth-order valence-electron chi connectivity index (χ4n) is 4.33. The van der Waals surface area contributed by atoms with E-state index in [1.165, 1.54) is 67.8 Å². The zero-order valence-corrected chi connectivity index (χ0v) is 15.4. The van der Waals surface area contributed by atoms with Crippen LogP contribution in [0.1, 0.15) is 46.7 Å². The first-order valence-electron chi connectivity index (χ1n) is 9.32. The molecule has 2 saturated heterocycles. The van der Waals surface area contributed by atoms with E-state index in [2.05, 4.69) is 48.9 Å². The topological polar surface area (TPSA) is 18.5 Å². The number of likely N-dealkylation sites (tertiary alicyclic amines) is 1. The molecule has 3 rings (SSSR count). The minimum atomic E-state index is 0.564. The van der Waals surface area contributed by atoms with E-state index in [1.54, 1.807) is 5.56 Å². The molecule has 1 atom stereocenters. The average Bonchev–Trinajstić information content (AvgIpc) is 3.07. The molecule has 1 aromatic rings. The predicted molar refractivity (Wildman–Crippen MR) is 98.2 cm³/mol. The molecule has 0 bridgehead atoms. The smallest absolute Gasteiger partial charge is 0.0480 e. The van der Waals surface area contributed by atoms with Gasteiger partial charge in [0.2, 0.25) is 0 Å². The zero-order valence-electron chi connectivity index (χ0n) is 15.4. The Morgan fingerprint density at radius 1 is 0.913 bits per heavy atom. The SMILES string of the molecule is Cc1cc(C)c(C)c(C(CN2CCNCC2)N2CCCC2)c1C. The third kappa shape index (κ3) is 3.62. The number of nitrogens with one attached hydrogen (secondary N) is 1.